The molecule has 152 valence electrons. The molecule has 1 aromatic carbocycles. The molecule has 0 spiro atoms. The Bertz CT molecular complexity index is 913. The van der Waals surface area contributed by atoms with E-state index in [1.165, 1.54) is 21.7 Å². The first-order valence-corrected chi connectivity index (χ1v) is 13.0. The van der Waals surface area contributed by atoms with E-state index in [0.717, 1.165) is 6.16 Å². The highest BCUT2D eigenvalue weighted by molar-refractivity contribution is 7.74. The molecule has 2 atom stereocenters. The lowest BCUT2D eigenvalue weighted by Crippen LogP contribution is -2.30. The summed E-state index contributed by atoms with van der Waals surface area (Å²) in [5.74, 6) is 0. The van der Waals surface area contributed by atoms with Crippen molar-refractivity contribution < 1.29 is 0 Å². The van der Waals surface area contributed by atoms with Crippen LogP contribution in [0, 0.1) is 0 Å². The molecule has 2 heterocycles. The molecule has 0 amide bonds. The lowest BCUT2D eigenvalue weighted by atomic mass is 10.2. The predicted molar refractivity (Wildman–Crippen MR) is 131 cm³/mol. The molecule has 2 nitrogen and oxygen atoms in total. The molecule has 0 aliphatic carbocycles. The quantitative estimate of drug-likeness (QED) is 0.485. The molecular weight excluding hydrogens is 390 g/mol. The smallest absolute Gasteiger partial charge is 0.0681 e. The van der Waals surface area contributed by atoms with Crippen LogP contribution in [0.2, 0.25) is 0 Å². The molecule has 0 saturated heterocycles. The molecule has 2 aromatic heterocycles. The van der Waals surface area contributed by atoms with Crippen LogP contribution in [-0.4, -0.2) is 20.3 Å². The minimum atomic E-state index is -0.569. The third-order valence-corrected chi connectivity index (χ3v) is 10.9. The fourth-order valence-electron chi connectivity index (χ4n) is 3.52. The highest BCUT2D eigenvalue weighted by Crippen LogP contribution is 2.53. The van der Waals surface area contributed by atoms with Crippen molar-refractivity contribution in [3.8, 4) is 0 Å². The first-order chi connectivity index (χ1) is 13.7. The van der Waals surface area contributed by atoms with Gasteiger partial charge >= 0.3 is 0 Å². The maximum absolute atomic E-state index is 4.77. The second-order valence-electron chi connectivity index (χ2n) is 9.27. The average Bonchev–Trinajstić information content (AvgIpc) is 2.67. The van der Waals surface area contributed by atoms with Crippen molar-refractivity contribution in [3.63, 3.8) is 0 Å². The zero-order chi connectivity index (χ0) is 21.1. The standard InChI is InChI=1S/C25H32N2P2/c1-24(2,3)28(22-15-9-11-17-26-22)19-20-13-7-8-14-21(20)29(25(4,5)6)23-16-10-12-18-27-23/h7-18H,19H2,1-6H3/t28?,29-/m1/s1. The number of aromatic nitrogens is 2. The van der Waals surface area contributed by atoms with Crippen LogP contribution in [0.25, 0.3) is 0 Å². The van der Waals surface area contributed by atoms with Crippen LogP contribution in [0.3, 0.4) is 0 Å². The van der Waals surface area contributed by atoms with Crippen LogP contribution < -0.4 is 16.2 Å². The number of hydrogen-bond acceptors (Lipinski definition) is 2. The van der Waals surface area contributed by atoms with Crippen molar-refractivity contribution in [2.24, 2.45) is 0 Å². The van der Waals surface area contributed by atoms with E-state index in [1.807, 2.05) is 24.5 Å². The normalized spacial score (nSPS) is 14.4. The second kappa shape index (κ2) is 9.03. The molecule has 0 bridgehead atoms. The molecule has 0 saturated carbocycles. The van der Waals surface area contributed by atoms with Gasteiger partial charge in [0.2, 0.25) is 0 Å². The van der Waals surface area contributed by atoms with E-state index in [-0.39, 0.29) is 10.3 Å². The minimum absolute atomic E-state index is 0.134. The van der Waals surface area contributed by atoms with E-state index in [0.29, 0.717) is 0 Å². The van der Waals surface area contributed by atoms with Crippen LogP contribution in [0.1, 0.15) is 47.1 Å². The molecule has 29 heavy (non-hydrogen) atoms. The third-order valence-electron chi connectivity index (χ3n) is 4.85. The molecular formula is C25H32N2P2. The number of hydrogen-bond donors (Lipinski definition) is 0. The summed E-state index contributed by atoms with van der Waals surface area (Å²) in [4.78, 5) is 9.52. The zero-order valence-electron chi connectivity index (χ0n) is 18.4. The Hall–Kier alpha value is -1.62. The Morgan fingerprint density at radius 2 is 1.21 bits per heavy atom. The van der Waals surface area contributed by atoms with Crippen LogP contribution in [0.5, 0.6) is 0 Å². The van der Waals surface area contributed by atoms with Gasteiger partial charge in [-0.15, -0.1) is 0 Å². The maximum Gasteiger partial charge on any atom is 0.0681 e. The summed E-state index contributed by atoms with van der Waals surface area (Å²) < 4.78 is 0. The fraction of sp³-hybridized carbons (Fsp3) is 0.360. The summed E-state index contributed by atoms with van der Waals surface area (Å²) in [6, 6.07) is 21.7. The monoisotopic (exact) mass is 422 g/mol. The van der Waals surface area contributed by atoms with Crippen molar-refractivity contribution in [1.29, 1.82) is 0 Å². The van der Waals surface area contributed by atoms with Gasteiger partial charge in [0.1, 0.15) is 0 Å². The van der Waals surface area contributed by atoms with Crippen LogP contribution in [0.15, 0.2) is 73.1 Å². The maximum atomic E-state index is 4.77. The Balaban J connectivity index is 2.08. The summed E-state index contributed by atoms with van der Waals surface area (Å²) in [6.45, 7) is 14.1. The first kappa shape index (κ1) is 22.1. The van der Waals surface area contributed by atoms with Gasteiger partial charge in [-0.2, -0.15) is 0 Å². The molecule has 0 aliphatic heterocycles. The molecule has 4 heteroatoms. The summed E-state index contributed by atoms with van der Waals surface area (Å²) >= 11 is 0. The van der Waals surface area contributed by atoms with Crippen LogP contribution in [-0.2, 0) is 6.16 Å². The van der Waals surface area contributed by atoms with Gasteiger partial charge in [0.15, 0.2) is 0 Å². The van der Waals surface area contributed by atoms with Gasteiger partial charge in [-0.3, -0.25) is 9.97 Å². The van der Waals surface area contributed by atoms with E-state index in [1.54, 1.807) is 0 Å². The van der Waals surface area contributed by atoms with Gasteiger partial charge in [0, 0.05) is 12.4 Å². The molecule has 0 N–H and O–H groups in total. The van der Waals surface area contributed by atoms with Crippen molar-refractivity contribution in [2.75, 3.05) is 0 Å². The lowest BCUT2D eigenvalue weighted by molar-refractivity contribution is 0.784. The van der Waals surface area contributed by atoms with Gasteiger partial charge in [-0.05, 0) is 67.5 Å². The summed E-state index contributed by atoms with van der Waals surface area (Å²) in [6.07, 6.45) is 4.90. The van der Waals surface area contributed by atoms with Crippen molar-refractivity contribution in [2.45, 2.75) is 58.0 Å². The largest absolute Gasteiger partial charge is 0.257 e. The molecule has 3 aromatic rings. The molecule has 0 aliphatic rings. The molecule has 0 radical (unpaired) electrons. The summed E-state index contributed by atoms with van der Waals surface area (Å²) in [5, 5.41) is 1.78. The molecule has 3 rings (SSSR count). The Kier molecular flexibility index (Phi) is 6.87. The lowest BCUT2D eigenvalue weighted by Gasteiger charge is -2.35. The third kappa shape index (κ3) is 5.50. The van der Waals surface area contributed by atoms with Gasteiger partial charge in [-0.1, -0.05) is 77.9 Å². The Morgan fingerprint density at radius 3 is 1.72 bits per heavy atom. The first-order valence-electron chi connectivity index (χ1n) is 10.2. The van der Waals surface area contributed by atoms with Gasteiger partial charge in [0.25, 0.3) is 0 Å². The number of nitrogens with zero attached hydrogens (tertiary/aromatic N) is 2. The van der Waals surface area contributed by atoms with Crippen LogP contribution in [0.4, 0.5) is 0 Å². The number of benzene rings is 1. The van der Waals surface area contributed by atoms with E-state index >= 15 is 0 Å². The summed E-state index contributed by atoms with van der Waals surface area (Å²) in [5.41, 5.74) is 3.90. The fourth-order valence-corrected chi connectivity index (χ4v) is 8.81. The minimum Gasteiger partial charge on any atom is -0.257 e. The van der Waals surface area contributed by atoms with E-state index in [9.17, 15) is 0 Å². The van der Waals surface area contributed by atoms with E-state index < -0.39 is 15.8 Å². The average molecular weight is 422 g/mol. The molecule has 1 unspecified atom stereocenters. The van der Waals surface area contributed by atoms with E-state index in [4.69, 9.17) is 9.97 Å². The van der Waals surface area contributed by atoms with Gasteiger partial charge < -0.3 is 0 Å². The van der Waals surface area contributed by atoms with Crippen molar-refractivity contribution in [1.82, 2.24) is 9.97 Å². The van der Waals surface area contributed by atoms with E-state index in [2.05, 4.69) is 90.1 Å². The van der Waals surface area contributed by atoms with Gasteiger partial charge in [0.05, 0.1) is 10.9 Å². The second-order valence-corrected chi connectivity index (χ2v) is 15.2. The van der Waals surface area contributed by atoms with Crippen LogP contribution >= 0.6 is 15.8 Å². The van der Waals surface area contributed by atoms with Crippen molar-refractivity contribution in [3.05, 3.63) is 78.6 Å². The number of rotatable bonds is 5. The molecule has 0 fully saturated rings. The van der Waals surface area contributed by atoms with Gasteiger partial charge in [-0.25, -0.2) is 0 Å². The summed E-state index contributed by atoms with van der Waals surface area (Å²) in [7, 11) is -1.01. The number of pyridine rings is 2. The topological polar surface area (TPSA) is 25.8 Å². The Labute approximate surface area is 178 Å². The van der Waals surface area contributed by atoms with Crippen molar-refractivity contribution >= 4 is 32.0 Å². The highest BCUT2D eigenvalue weighted by atomic mass is 31.1. The highest BCUT2D eigenvalue weighted by Gasteiger charge is 2.33. The zero-order valence-corrected chi connectivity index (χ0v) is 20.2. The SMILES string of the molecule is CC(C)(C)P(Cc1ccccc1[P@](c1ccccn1)C(C)(C)C)c1ccccn1. The predicted octanol–water partition coefficient (Wildman–Crippen LogP) is 5.81. The Morgan fingerprint density at radius 1 is 0.655 bits per heavy atom.